The molecule has 0 saturated carbocycles. The monoisotopic (exact) mass is 252 g/mol. The first-order valence-electron chi connectivity index (χ1n) is 6.73. The normalized spacial score (nSPS) is 22.5. The highest BCUT2D eigenvalue weighted by atomic mass is 16.5. The first-order chi connectivity index (χ1) is 8.78. The van der Waals surface area contributed by atoms with Crippen LogP contribution in [0.25, 0.3) is 0 Å². The van der Waals surface area contributed by atoms with Crippen LogP contribution < -0.4 is 5.73 Å². The zero-order chi connectivity index (χ0) is 13.0. The lowest BCUT2D eigenvalue weighted by Crippen LogP contribution is -2.32. The molecule has 18 heavy (non-hydrogen) atoms. The van der Waals surface area contributed by atoms with Crippen LogP contribution in [0, 0.1) is 5.92 Å². The third kappa shape index (κ3) is 2.91. The molecule has 5 nitrogen and oxygen atoms in total. The Balaban J connectivity index is 2.01. The van der Waals surface area contributed by atoms with Crippen LogP contribution in [0.5, 0.6) is 0 Å². The summed E-state index contributed by atoms with van der Waals surface area (Å²) in [5.74, 6) is 0.644. The van der Waals surface area contributed by atoms with E-state index in [0.29, 0.717) is 18.5 Å². The lowest BCUT2D eigenvalue weighted by Gasteiger charge is -2.25. The SMILES string of the molecule is CCn1cc(C(CN)N2CCC(COC)C2)cn1. The topological polar surface area (TPSA) is 56.3 Å². The van der Waals surface area contributed by atoms with Crippen molar-refractivity contribution in [2.75, 3.05) is 33.4 Å². The highest BCUT2D eigenvalue weighted by Crippen LogP contribution is 2.26. The third-order valence-corrected chi connectivity index (χ3v) is 3.75. The first kappa shape index (κ1) is 13.5. The maximum absolute atomic E-state index is 5.94. The van der Waals surface area contributed by atoms with Crippen molar-refractivity contribution < 1.29 is 4.74 Å². The Morgan fingerprint density at radius 3 is 3.06 bits per heavy atom. The number of nitrogens with zero attached hydrogens (tertiary/aromatic N) is 3. The summed E-state index contributed by atoms with van der Waals surface area (Å²) in [5.41, 5.74) is 7.18. The van der Waals surface area contributed by atoms with Crippen LogP contribution in [-0.4, -0.2) is 48.0 Å². The molecule has 1 aromatic rings. The Morgan fingerprint density at radius 2 is 2.44 bits per heavy atom. The molecular formula is C13H24N4O. The van der Waals surface area contributed by atoms with Gasteiger partial charge >= 0.3 is 0 Å². The summed E-state index contributed by atoms with van der Waals surface area (Å²) in [4.78, 5) is 2.46. The molecule has 2 rings (SSSR count). The Kier molecular flexibility index (Phi) is 4.74. The van der Waals surface area contributed by atoms with Crippen molar-refractivity contribution in [2.24, 2.45) is 11.7 Å². The zero-order valence-corrected chi connectivity index (χ0v) is 11.4. The number of aromatic nitrogens is 2. The maximum Gasteiger partial charge on any atom is 0.0538 e. The molecule has 1 saturated heterocycles. The fraction of sp³-hybridized carbons (Fsp3) is 0.769. The predicted molar refractivity (Wildman–Crippen MR) is 71.3 cm³/mol. The van der Waals surface area contributed by atoms with Crippen molar-refractivity contribution in [1.82, 2.24) is 14.7 Å². The second kappa shape index (κ2) is 6.31. The van der Waals surface area contributed by atoms with Gasteiger partial charge in [0.05, 0.1) is 18.8 Å². The van der Waals surface area contributed by atoms with Crippen LogP contribution in [0.1, 0.15) is 24.9 Å². The summed E-state index contributed by atoms with van der Waals surface area (Å²) >= 11 is 0. The first-order valence-corrected chi connectivity index (χ1v) is 6.73. The van der Waals surface area contributed by atoms with Crippen molar-refractivity contribution in [3.8, 4) is 0 Å². The Hall–Kier alpha value is -0.910. The van der Waals surface area contributed by atoms with Crippen molar-refractivity contribution in [2.45, 2.75) is 25.9 Å². The number of methoxy groups -OCH3 is 1. The largest absolute Gasteiger partial charge is 0.384 e. The van der Waals surface area contributed by atoms with Gasteiger partial charge in [-0.2, -0.15) is 5.10 Å². The molecule has 1 aromatic heterocycles. The second-order valence-electron chi connectivity index (χ2n) is 4.99. The van der Waals surface area contributed by atoms with Gasteiger partial charge in [-0.05, 0) is 25.8 Å². The molecule has 0 aliphatic carbocycles. The van der Waals surface area contributed by atoms with E-state index in [9.17, 15) is 0 Å². The number of hydrogen-bond donors (Lipinski definition) is 1. The van der Waals surface area contributed by atoms with Crippen LogP contribution in [0.3, 0.4) is 0 Å². The van der Waals surface area contributed by atoms with E-state index >= 15 is 0 Å². The summed E-state index contributed by atoms with van der Waals surface area (Å²) in [6, 6.07) is 0.298. The van der Waals surface area contributed by atoms with Gasteiger partial charge < -0.3 is 10.5 Å². The molecule has 2 unspecified atom stereocenters. The number of rotatable bonds is 6. The number of ether oxygens (including phenoxy) is 1. The van der Waals surface area contributed by atoms with Crippen molar-refractivity contribution in [3.63, 3.8) is 0 Å². The van der Waals surface area contributed by atoms with Crippen LogP contribution in [0.2, 0.25) is 0 Å². The molecule has 0 radical (unpaired) electrons. The highest BCUT2D eigenvalue weighted by Gasteiger charge is 2.28. The minimum Gasteiger partial charge on any atom is -0.384 e. The van der Waals surface area contributed by atoms with E-state index in [2.05, 4.69) is 23.1 Å². The van der Waals surface area contributed by atoms with Gasteiger partial charge in [0.15, 0.2) is 0 Å². The second-order valence-corrected chi connectivity index (χ2v) is 4.99. The number of hydrogen-bond acceptors (Lipinski definition) is 4. The molecule has 1 aliphatic heterocycles. The van der Waals surface area contributed by atoms with Gasteiger partial charge in [-0.1, -0.05) is 0 Å². The smallest absolute Gasteiger partial charge is 0.0538 e. The quantitative estimate of drug-likeness (QED) is 0.816. The van der Waals surface area contributed by atoms with Gasteiger partial charge in [-0.15, -0.1) is 0 Å². The standard InChI is InChI=1S/C13H24N4O/c1-3-17-9-12(7-15-17)13(6-14)16-5-4-11(8-16)10-18-2/h7,9,11,13H,3-6,8,10,14H2,1-2H3. The summed E-state index contributed by atoms with van der Waals surface area (Å²) in [5, 5.41) is 4.34. The molecule has 0 spiro atoms. The van der Waals surface area contributed by atoms with Crippen LogP contribution in [-0.2, 0) is 11.3 Å². The van der Waals surface area contributed by atoms with Gasteiger partial charge in [0.2, 0.25) is 0 Å². The van der Waals surface area contributed by atoms with E-state index in [0.717, 1.165) is 26.2 Å². The minimum atomic E-state index is 0.298. The Morgan fingerprint density at radius 1 is 1.61 bits per heavy atom. The van der Waals surface area contributed by atoms with E-state index in [1.807, 2.05) is 10.9 Å². The van der Waals surface area contributed by atoms with Crippen LogP contribution >= 0.6 is 0 Å². The van der Waals surface area contributed by atoms with Crippen LogP contribution in [0.4, 0.5) is 0 Å². The van der Waals surface area contributed by atoms with E-state index in [1.165, 1.54) is 12.0 Å². The molecule has 0 amide bonds. The molecule has 2 heterocycles. The van der Waals surface area contributed by atoms with E-state index in [4.69, 9.17) is 10.5 Å². The average molecular weight is 252 g/mol. The van der Waals surface area contributed by atoms with Crippen molar-refractivity contribution in [3.05, 3.63) is 18.0 Å². The van der Waals surface area contributed by atoms with Crippen molar-refractivity contribution in [1.29, 1.82) is 0 Å². The molecule has 5 heteroatoms. The molecule has 2 atom stereocenters. The van der Waals surface area contributed by atoms with E-state index < -0.39 is 0 Å². The lowest BCUT2D eigenvalue weighted by atomic mass is 10.1. The summed E-state index contributed by atoms with van der Waals surface area (Å²) < 4.78 is 7.20. The van der Waals surface area contributed by atoms with Gasteiger partial charge in [0.1, 0.15) is 0 Å². The molecule has 0 aromatic carbocycles. The molecule has 1 aliphatic rings. The van der Waals surface area contributed by atoms with E-state index in [1.54, 1.807) is 7.11 Å². The molecule has 1 fully saturated rings. The number of nitrogens with two attached hydrogens (primary N) is 1. The lowest BCUT2D eigenvalue weighted by molar-refractivity contribution is 0.147. The summed E-state index contributed by atoms with van der Waals surface area (Å²) in [7, 11) is 1.77. The molecule has 0 bridgehead atoms. The summed E-state index contributed by atoms with van der Waals surface area (Å²) in [6.07, 6.45) is 5.26. The van der Waals surface area contributed by atoms with Crippen LogP contribution in [0.15, 0.2) is 12.4 Å². The Bertz CT molecular complexity index is 366. The van der Waals surface area contributed by atoms with Gasteiger partial charge in [-0.3, -0.25) is 9.58 Å². The fourth-order valence-electron chi connectivity index (χ4n) is 2.74. The van der Waals surface area contributed by atoms with Gasteiger partial charge in [0.25, 0.3) is 0 Å². The van der Waals surface area contributed by atoms with Gasteiger partial charge in [0, 0.05) is 38.5 Å². The predicted octanol–water partition coefficient (Wildman–Crippen LogP) is 0.871. The average Bonchev–Trinajstić information content (AvgIpc) is 3.01. The van der Waals surface area contributed by atoms with Crippen molar-refractivity contribution >= 4 is 0 Å². The third-order valence-electron chi connectivity index (χ3n) is 3.75. The van der Waals surface area contributed by atoms with Gasteiger partial charge in [-0.25, -0.2) is 0 Å². The minimum absolute atomic E-state index is 0.298. The van der Waals surface area contributed by atoms with E-state index in [-0.39, 0.29) is 0 Å². The molecule has 2 N–H and O–H groups in total. The zero-order valence-electron chi connectivity index (χ0n) is 11.4. The highest BCUT2D eigenvalue weighted by molar-refractivity contribution is 5.12. The summed E-state index contributed by atoms with van der Waals surface area (Å²) in [6.45, 7) is 6.68. The molecular weight excluding hydrogens is 228 g/mol. The number of aryl methyl sites for hydroxylation is 1. The number of likely N-dealkylation sites (tertiary alicyclic amines) is 1. The maximum atomic E-state index is 5.94. The molecule has 102 valence electrons. The Labute approximate surface area is 109 Å². The fourth-order valence-corrected chi connectivity index (χ4v) is 2.74.